The molecule has 1 N–H and O–H groups in total. The zero-order valence-corrected chi connectivity index (χ0v) is 22.0. The Labute approximate surface area is 223 Å². The first-order chi connectivity index (χ1) is 18.4. The lowest BCUT2D eigenvalue weighted by molar-refractivity contribution is -0.122. The number of amides is 4. The van der Waals surface area contributed by atoms with E-state index in [9.17, 15) is 14.4 Å². The van der Waals surface area contributed by atoms with E-state index in [1.807, 2.05) is 26.0 Å². The number of rotatable bonds is 7. The van der Waals surface area contributed by atoms with Gasteiger partial charge in [-0.05, 0) is 117 Å². The molecule has 1 aliphatic heterocycles. The molecule has 1 saturated heterocycles. The Kier molecular flexibility index (Phi) is 6.25. The zero-order valence-electron chi connectivity index (χ0n) is 22.0. The van der Waals surface area contributed by atoms with Gasteiger partial charge in [0.2, 0.25) is 0 Å². The van der Waals surface area contributed by atoms with E-state index in [0.717, 1.165) is 22.7 Å². The van der Waals surface area contributed by atoms with Gasteiger partial charge in [0, 0.05) is 0 Å². The lowest BCUT2D eigenvalue weighted by Crippen LogP contribution is -2.54. The molecule has 0 atom stereocenters. The molecule has 7 nitrogen and oxygen atoms in total. The number of carbonyl (C=O) groups excluding carboxylic acids is 3. The van der Waals surface area contributed by atoms with Crippen LogP contribution in [0.15, 0.2) is 48.0 Å². The van der Waals surface area contributed by atoms with Crippen LogP contribution in [0, 0.1) is 17.8 Å². The first-order valence-corrected chi connectivity index (χ1v) is 13.8. The first-order valence-electron chi connectivity index (χ1n) is 13.8. The zero-order chi connectivity index (χ0) is 26.4. The van der Waals surface area contributed by atoms with Crippen molar-refractivity contribution in [3.63, 3.8) is 0 Å². The Balaban J connectivity index is 1.27. The molecule has 198 valence electrons. The molecule has 4 aliphatic carbocycles. The van der Waals surface area contributed by atoms with Crippen molar-refractivity contribution in [2.75, 3.05) is 18.1 Å². The summed E-state index contributed by atoms with van der Waals surface area (Å²) in [5, 5.41) is 2.33. The van der Waals surface area contributed by atoms with Gasteiger partial charge >= 0.3 is 6.03 Å². The quantitative estimate of drug-likeness (QED) is 0.383. The largest absolute Gasteiger partial charge is 0.490 e. The minimum absolute atomic E-state index is 0.110. The van der Waals surface area contributed by atoms with Gasteiger partial charge in [-0.15, -0.1) is 0 Å². The van der Waals surface area contributed by atoms with Gasteiger partial charge in [0.05, 0.1) is 18.9 Å². The number of benzene rings is 2. The van der Waals surface area contributed by atoms with Crippen LogP contribution in [0.25, 0.3) is 6.08 Å². The van der Waals surface area contributed by atoms with Crippen LogP contribution in [-0.4, -0.2) is 31.1 Å². The van der Waals surface area contributed by atoms with E-state index in [0.29, 0.717) is 36.0 Å². The predicted octanol–water partition coefficient (Wildman–Crippen LogP) is 5.62. The molecule has 4 bridgehead atoms. The Morgan fingerprint density at radius 2 is 1.47 bits per heavy atom. The van der Waals surface area contributed by atoms with Crippen molar-refractivity contribution in [1.82, 2.24) is 5.32 Å². The molecule has 0 aromatic heterocycles. The maximum Gasteiger partial charge on any atom is 0.335 e. The number of hydrogen-bond donors (Lipinski definition) is 1. The Hall–Kier alpha value is -3.61. The molecule has 2 aromatic rings. The van der Waals surface area contributed by atoms with Gasteiger partial charge in [0.1, 0.15) is 5.57 Å². The fourth-order valence-corrected chi connectivity index (χ4v) is 7.64. The Morgan fingerprint density at radius 1 is 0.868 bits per heavy atom. The lowest BCUT2D eigenvalue weighted by Gasteiger charge is -2.57. The van der Waals surface area contributed by atoms with Crippen molar-refractivity contribution < 1.29 is 23.9 Å². The summed E-state index contributed by atoms with van der Waals surface area (Å²) in [4.78, 5) is 40.0. The molecule has 5 aliphatic rings. The van der Waals surface area contributed by atoms with Crippen LogP contribution in [-0.2, 0) is 15.0 Å². The number of hydrogen-bond acceptors (Lipinski definition) is 5. The highest BCUT2D eigenvalue weighted by atomic mass is 16.5. The van der Waals surface area contributed by atoms with Crippen LogP contribution in [0.3, 0.4) is 0 Å². The van der Waals surface area contributed by atoms with Crippen molar-refractivity contribution in [3.8, 4) is 11.5 Å². The monoisotopic (exact) mass is 514 g/mol. The third kappa shape index (κ3) is 4.28. The highest BCUT2D eigenvalue weighted by Gasteiger charge is 2.51. The molecular weight excluding hydrogens is 480 g/mol. The number of urea groups is 1. The summed E-state index contributed by atoms with van der Waals surface area (Å²) in [6.45, 7) is 4.69. The average Bonchev–Trinajstić information content (AvgIpc) is 2.88. The van der Waals surface area contributed by atoms with E-state index < -0.39 is 17.8 Å². The second-order valence-corrected chi connectivity index (χ2v) is 11.3. The number of imide groups is 2. The molecule has 4 saturated carbocycles. The summed E-state index contributed by atoms with van der Waals surface area (Å²) in [6.07, 6.45) is 9.35. The molecular formula is C31H34N2O5. The first kappa shape index (κ1) is 24.7. The van der Waals surface area contributed by atoms with E-state index in [2.05, 4.69) is 17.4 Å². The molecule has 38 heavy (non-hydrogen) atoms. The smallest absolute Gasteiger partial charge is 0.335 e. The van der Waals surface area contributed by atoms with Crippen LogP contribution >= 0.6 is 0 Å². The minimum atomic E-state index is -0.735. The standard InChI is InChI=1S/C31H34N2O5/c1-3-37-26-10-5-19(15-27(26)38-4-2)14-25-28(34)32-30(36)33(29(25)35)24-8-6-23(7-9-24)31-16-20-11-21(17-31)13-22(12-20)18-31/h5-10,14-15,20-22H,3-4,11-13,16-18H2,1-2H3,(H,32,34,36)/b25-14+. The van der Waals surface area contributed by atoms with Crippen LogP contribution in [0.1, 0.15) is 63.5 Å². The maximum absolute atomic E-state index is 13.5. The van der Waals surface area contributed by atoms with E-state index in [4.69, 9.17) is 9.47 Å². The van der Waals surface area contributed by atoms with Crippen molar-refractivity contribution in [1.29, 1.82) is 0 Å². The third-order valence-electron chi connectivity index (χ3n) is 8.76. The molecule has 2 aromatic carbocycles. The van der Waals surface area contributed by atoms with E-state index in [-0.39, 0.29) is 11.0 Å². The topological polar surface area (TPSA) is 84.9 Å². The predicted molar refractivity (Wildman–Crippen MR) is 144 cm³/mol. The SMILES string of the molecule is CCOc1ccc(/C=C2\C(=O)NC(=O)N(c3ccc(C45CC6CC(CC(C6)C4)C5)cc3)C2=O)cc1OCC. The molecule has 1 heterocycles. The number of nitrogens with zero attached hydrogens (tertiary/aromatic N) is 1. The molecule has 5 fully saturated rings. The maximum atomic E-state index is 13.5. The minimum Gasteiger partial charge on any atom is -0.490 e. The van der Waals surface area contributed by atoms with Gasteiger partial charge < -0.3 is 9.47 Å². The van der Waals surface area contributed by atoms with E-state index in [1.54, 1.807) is 18.2 Å². The van der Waals surface area contributed by atoms with Gasteiger partial charge in [-0.25, -0.2) is 9.69 Å². The summed E-state index contributed by atoms with van der Waals surface area (Å²) in [6, 6.07) is 12.4. The van der Waals surface area contributed by atoms with Crippen molar-refractivity contribution in [2.24, 2.45) is 17.8 Å². The molecule has 7 heteroatoms. The normalized spacial score (nSPS) is 29.1. The Bertz CT molecular complexity index is 1280. The molecule has 0 unspecified atom stereocenters. The molecule has 0 radical (unpaired) electrons. The fourth-order valence-electron chi connectivity index (χ4n) is 7.64. The number of anilines is 1. The van der Waals surface area contributed by atoms with E-state index in [1.165, 1.54) is 50.2 Å². The highest BCUT2D eigenvalue weighted by Crippen LogP contribution is 2.60. The molecule has 7 rings (SSSR count). The summed E-state index contributed by atoms with van der Waals surface area (Å²) >= 11 is 0. The number of carbonyl (C=O) groups is 3. The van der Waals surface area contributed by atoms with Crippen LogP contribution in [0.2, 0.25) is 0 Å². The highest BCUT2D eigenvalue weighted by molar-refractivity contribution is 6.39. The molecule has 0 spiro atoms. The summed E-state index contributed by atoms with van der Waals surface area (Å²) in [7, 11) is 0. The van der Waals surface area contributed by atoms with Gasteiger partial charge in [0.25, 0.3) is 11.8 Å². The molecule has 4 amide bonds. The summed E-state index contributed by atoms with van der Waals surface area (Å²) in [5.41, 5.74) is 2.49. The summed E-state index contributed by atoms with van der Waals surface area (Å²) < 4.78 is 11.3. The van der Waals surface area contributed by atoms with Gasteiger partial charge in [-0.1, -0.05) is 18.2 Å². The van der Waals surface area contributed by atoms with Crippen LogP contribution in [0.4, 0.5) is 10.5 Å². The van der Waals surface area contributed by atoms with E-state index >= 15 is 0 Å². The Morgan fingerprint density at radius 3 is 2.08 bits per heavy atom. The number of ether oxygens (including phenoxy) is 2. The van der Waals surface area contributed by atoms with Gasteiger partial charge in [-0.2, -0.15) is 0 Å². The van der Waals surface area contributed by atoms with Gasteiger partial charge in [0.15, 0.2) is 11.5 Å². The van der Waals surface area contributed by atoms with Crippen LogP contribution < -0.4 is 19.7 Å². The second kappa shape index (κ2) is 9.61. The van der Waals surface area contributed by atoms with Crippen molar-refractivity contribution in [2.45, 2.75) is 57.8 Å². The van der Waals surface area contributed by atoms with Gasteiger partial charge in [-0.3, -0.25) is 14.9 Å². The average molecular weight is 515 g/mol. The fraction of sp³-hybridized carbons (Fsp3) is 0.452. The van der Waals surface area contributed by atoms with Crippen molar-refractivity contribution in [3.05, 3.63) is 59.2 Å². The third-order valence-corrected chi connectivity index (χ3v) is 8.76. The second-order valence-electron chi connectivity index (χ2n) is 11.3. The number of nitrogens with one attached hydrogen (secondary N) is 1. The number of barbiturate groups is 1. The lowest BCUT2D eigenvalue weighted by atomic mass is 9.48. The van der Waals surface area contributed by atoms with Crippen LogP contribution in [0.5, 0.6) is 11.5 Å². The van der Waals surface area contributed by atoms with Crippen molar-refractivity contribution >= 4 is 29.6 Å². The summed E-state index contributed by atoms with van der Waals surface area (Å²) in [5.74, 6) is 2.26.